The highest BCUT2D eigenvalue weighted by molar-refractivity contribution is 5.85. The Kier molecular flexibility index (Phi) is 40.3. The van der Waals surface area contributed by atoms with E-state index in [0.717, 1.165) is 79.4 Å². The van der Waals surface area contributed by atoms with Gasteiger partial charge in [-0.25, -0.2) is 23.1 Å². The van der Waals surface area contributed by atoms with Gasteiger partial charge in [-0.3, -0.25) is 23.8 Å². The predicted molar refractivity (Wildman–Crippen MR) is 565 cm³/mol. The normalized spacial score (nSPS) is 15.1. The fraction of sp³-hybridized carbons (Fsp3) is 0.513. The minimum Gasteiger partial charge on any atom is -0.443 e. The van der Waals surface area contributed by atoms with E-state index < -0.39 is 19.0 Å². The molecule has 18 nitrogen and oxygen atoms in total. The molecule has 20 rings (SSSR count). The van der Waals surface area contributed by atoms with E-state index in [9.17, 15) is 26.3 Å². The van der Waals surface area contributed by atoms with Gasteiger partial charge in [-0.15, -0.1) is 0 Å². The molecule has 0 unspecified atom stereocenters. The average molecular weight is 1910 g/mol. The number of para-hydroxylation sites is 2. The van der Waals surface area contributed by atoms with Crippen LogP contribution in [0.2, 0.25) is 0 Å². The Hall–Kier alpha value is -11.0. The molecule has 2 saturated carbocycles. The molecule has 0 atom stereocenters. The van der Waals surface area contributed by atoms with Crippen molar-refractivity contribution in [2.24, 2.45) is 63.2 Å². The number of hydrogen-bond acceptors (Lipinski definition) is 11. The first-order valence-electron chi connectivity index (χ1n) is 50.5. The Morgan fingerprint density at radius 2 is 0.806 bits per heavy atom. The second-order valence-corrected chi connectivity index (χ2v) is 41.9. The van der Waals surface area contributed by atoms with Gasteiger partial charge in [0.1, 0.15) is 5.52 Å². The zero-order chi connectivity index (χ0) is 101. The van der Waals surface area contributed by atoms with Gasteiger partial charge in [0.25, 0.3) is 0 Å². The standard InChI is InChI=1S/2C11H12F2N2.4C11H14N2.C11H21N.C10H12N2.C10H11NO.C9H16F2.C9H18O/c1-7(2)8-3-4-10-9(5-8)6-14-15(10)11(12)13;1-7(2)8-3-4-9-6-14-15(11(12)13)10(9)5-8;1-8(2)9-4-5-11-10(6-9)7-12-13(11)3;1-8(2)9-4-5-10-7-12-13(3)11(10)6-9;1-8(2)9-5-4-6-11-10(9)7-12-13(11)3;1-8(2)10-6-4-5-9-7-12-13(3)11(9)10;1-9(2)10-5-7-12(8-6-10)11-3-4-11;1-7(2)9-5-3-4-8-6-11-12-10(8)9;1-7(2)8-3-4-10-9(5-8)11-6-12-10;1-7(2)8-3-5-9(10,11)6-4-8;1-8(2)9(3)4-6-10-7-5-9/h2*3-7,11H,1-2H3;4*4-8H,1-3H3;9-11H,3-8H2,1-2H3;3-7H,1-2H3,(H,11,12);3-7H,1-2H3;7-8H,3-6H2,1-2H3;8H,4-7H2,1-3H3. The number of rotatable bonds is 14. The van der Waals surface area contributed by atoms with E-state index in [-0.39, 0.29) is 12.8 Å². The van der Waals surface area contributed by atoms with Crippen molar-refractivity contribution in [3.63, 3.8) is 0 Å². The van der Waals surface area contributed by atoms with Crippen molar-refractivity contribution < 1.29 is 35.5 Å². The van der Waals surface area contributed by atoms with Gasteiger partial charge in [0.2, 0.25) is 5.92 Å². The second kappa shape index (κ2) is 50.9. The zero-order valence-corrected chi connectivity index (χ0v) is 87.9. The number of ether oxygens (including phenoxy) is 1. The molecule has 2 aliphatic heterocycles. The summed E-state index contributed by atoms with van der Waals surface area (Å²) in [6.45, 7) is 50.1. The van der Waals surface area contributed by atoms with Gasteiger partial charge in [-0.1, -0.05) is 250 Å². The van der Waals surface area contributed by atoms with Crippen LogP contribution < -0.4 is 0 Å². The van der Waals surface area contributed by atoms with E-state index in [1.807, 2.05) is 122 Å². The smallest absolute Gasteiger partial charge is 0.333 e. The third-order valence-electron chi connectivity index (χ3n) is 28.1. The molecule has 8 aromatic carbocycles. The molecule has 0 amide bonds. The molecule has 16 aromatic rings. The maximum absolute atomic E-state index is 12.6. The van der Waals surface area contributed by atoms with Crippen LogP contribution in [0.3, 0.4) is 0 Å². The Morgan fingerprint density at radius 1 is 0.374 bits per heavy atom. The Bertz CT molecular complexity index is 6380. The number of benzene rings is 8. The van der Waals surface area contributed by atoms with E-state index in [0.29, 0.717) is 88.5 Å². The fourth-order valence-electron chi connectivity index (χ4n) is 17.9. The molecule has 752 valence electrons. The van der Waals surface area contributed by atoms with Gasteiger partial charge in [0.05, 0.1) is 82.0 Å². The van der Waals surface area contributed by atoms with Gasteiger partial charge >= 0.3 is 13.1 Å². The van der Waals surface area contributed by atoms with Crippen LogP contribution in [0.25, 0.3) is 87.4 Å². The number of halogens is 6. The summed E-state index contributed by atoms with van der Waals surface area (Å²) in [5, 5.41) is 39.0. The summed E-state index contributed by atoms with van der Waals surface area (Å²) in [5.41, 5.74) is 19.7. The lowest BCUT2D eigenvalue weighted by Crippen LogP contribution is -2.36. The van der Waals surface area contributed by atoms with E-state index in [4.69, 9.17) is 9.15 Å². The summed E-state index contributed by atoms with van der Waals surface area (Å²) in [5.74, 6) is 5.59. The van der Waals surface area contributed by atoms with Gasteiger partial charge in [-0.2, -0.15) is 53.3 Å². The van der Waals surface area contributed by atoms with Crippen LogP contribution in [0.15, 0.2) is 200 Å². The molecule has 8 aromatic heterocycles. The van der Waals surface area contributed by atoms with Crippen molar-refractivity contribution in [1.82, 2.24) is 78.8 Å². The van der Waals surface area contributed by atoms with Crippen molar-refractivity contribution in [3.05, 3.63) is 240 Å². The number of likely N-dealkylation sites (tertiary alicyclic amines) is 1. The summed E-state index contributed by atoms with van der Waals surface area (Å²) in [6.07, 6.45) is 24.0. The quantitative estimate of drug-likeness (QED) is 0.103. The van der Waals surface area contributed by atoms with Crippen LogP contribution in [0.4, 0.5) is 26.3 Å². The number of aromatic amines is 1. The summed E-state index contributed by atoms with van der Waals surface area (Å²) < 4.78 is 95.0. The number of fused-ring (bicyclic) bond motifs is 8. The molecule has 0 spiro atoms. The highest BCUT2D eigenvalue weighted by atomic mass is 19.3. The highest BCUT2D eigenvalue weighted by Crippen LogP contribution is 2.41. The average Bonchev–Trinajstić information content (AvgIpc) is 1.67. The van der Waals surface area contributed by atoms with E-state index >= 15 is 0 Å². The first kappa shape index (κ1) is 110. The number of aromatic nitrogens is 15. The number of nitrogens with one attached hydrogen (secondary N) is 1. The minimum atomic E-state index is -2.58. The SMILES string of the molecule is CC(C)C1(C)CCOCC1.CC(C)C1CCC(F)(F)CC1.CC(C)C1CCN(C2CC2)CC1.CC(C)c1ccc2c(cnn2C(F)F)c1.CC(C)c1ccc2c(cnn2C)c1.CC(C)c1ccc2cnn(C(F)F)c2c1.CC(C)c1ccc2cnn(C)c2c1.CC(C)c1ccc2ocnc2c1.CC(C)c1cccc2c1cnn2C.CC(C)c1cccc2cn[nH]c12.CC(C)c1cccc2cnn(C)c12. The lowest BCUT2D eigenvalue weighted by molar-refractivity contribution is -0.0504. The molecule has 0 bridgehead atoms. The number of oxazole rings is 1. The first-order chi connectivity index (χ1) is 65.9. The molecule has 4 fully saturated rings. The maximum atomic E-state index is 12.6. The largest absolute Gasteiger partial charge is 0.443 e. The molecule has 1 N–H and O–H groups in total. The van der Waals surface area contributed by atoms with E-state index in [1.165, 1.54) is 158 Å². The zero-order valence-electron chi connectivity index (χ0n) is 87.9. The van der Waals surface area contributed by atoms with E-state index in [2.05, 4.69) is 299 Å². The van der Waals surface area contributed by atoms with Crippen molar-refractivity contribution >= 4 is 87.4 Å². The lowest BCUT2D eigenvalue weighted by atomic mass is 9.73. The van der Waals surface area contributed by atoms with Crippen LogP contribution in [-0.4, -0.2) is 117 Å². The number of piperidine rings is 1. The molecule has 2 aliphatic carbocycles. The monoisotopic (exact) mass is 1910 g/mol. The van der Waals surface area contributed by atoms with Crippen molar-refractivity contribution in [1.29, 1.82) is 0 Å². The molecule has 139 heavy (non-hydrogen) atoms. The number of aryl methyl sites for hydroxylation is 4. The summed E-state index contributed by atoms with van der Waals surface area (Å²) >= 11 is 0. The van der Waals surface area contributed by atoms with Gasteiger partial charge in [0.15, 0.2) is 12.0 Å². The summed E-state index contributed by atoms with van der Waals surface area (Å²) in [6, 6.07) is 50.3. The van der Waals surface area contributed by atoms with Crippen LogP contribution in [-0.2, 0) is 32.9 Å². The molecule has 0 radical (unpaired) electrons. The number of H-pyrrole nitrogens is 1. The predicted octanol–water partition coefficient (Wildman–Crippen LogP) is 32.0. The molecular weight excluding hydrogens is 1750 g/mol. The lowest BCUT2D eigenvalue weighted by Gasteiger charge is -2.37. The molecule has 10 heterocycles. The van der Waals surface area contributed by atoms with Crippen LogP contribution in [0.5, 0.6) is 0 Å². The Balaban J connectivity index is 0.000000158. The number of hydrogen-bond donors (Lipinski definition) is 1. The van der Waals surface area contributed by atoms with Crippen molar-refractivity contribution in [3.8, 4) is 0 Å². The van der Waals surface area contributed by atoms with Crippen LogP contribution >= 0.6 is 0 Å². The molecule has 24 heteroatoms. The van der Waals surface area contributed by atoms with Crippen molar-refractivity contribution in [2.45, 2.75) is 296 Å². The van der Waals surface area contributed by atoms with Gasteiger partial charge < -0.3 is 14.1 Å². The third kappa shape index (κ3) is 30.5. The summed E-state index contributed by atoms with van der Waals surface area (Å²) in [4.78, 5) is 6.80. The minimum absolute atomic E-state index is 0.107. The second-order valence-electron chi connectivity index (χ2n) is 41.9. The number of nitrogens with zero attached hydrogens (tertiary/aromatic N) is 15. The molecular formula is C115H158F6N16O2. The van der Waals surface area contributed by atoms with Crippen LogP contribution in [0, 0.1) is 35.0 Å². The Morgan fingerprint density at radius 3 is 1.35 bits per heavy atom. The van der Waals surface area contributed by atoms with E-state index in [1.54, 1.807) is 12.1 Å². The first-order valence-corrected chi connectivity index (χ1v) is 50.5. The van der Waals surface area contributed by atoms with Gasteiger partial charge in [0, 0.05) is 98.0 Å². The fourth-order valence-corrected chi connectivity index (χ4v) is 17.9. The third-order valence-corrected chi connectivity index (χ3v) is 28.1. The summed E-state index contributed by atoms with van der Waals surface area (Å²) in [7, 11) is 7.92. The molecule has 2 saturated heterocycles. The molecule has 4 aliphatic rings. The van der Waals surface area contributed by atoms with Gasteiger partial charge in [-0.05, 0) is 246 Å². The van der Waals surface area contributed by atoms with Crippen LogP contribution in [0.1, 0.15) is 328 Å². The Labute approximate surface area is 822 Å². The number of alkyl halides is 6. The van der Waals surface area contributed by atoms with Crippen molar-refractivity contribution in [2.75, 3.05) is 26.3 Å². The maximum Gasteiger partial charge on any atom is 0.333 e. The topological polar surface area (TPSA) is 174 Å². The highest BCUT2D eigenvalue weighted by Gasteiger charge is 2.36.